The lowest BCUT2D eigenvalue weighted by atomic mass is 10.2. The lowest BCUT2D eigenvalue weighted by Crippen LogP contribution is -2.14. The molecule has 1 heterocycles. The topological polar surface area (TPSA) is 59.2 Å². The minimum absolute atomic E-state index is 0.334. The number of nitrogens with zero attached hydrogens (tertiary/aromatic N) is 1. The van der Waals surface area contributed by atoms with Crippen molar-refractivity contribution in [3.05, 3.63) is 41.2 Å². The van der Waals surface area contributed by atoms with Gasteiger partial charge < -0.3 is 14.8 Å². The van der Waals surface area contributed by atoms with Gasteiger partial charge in [-0.15, -0.1) is 0 Å². The summed E-state index contributed by atoms with van der Waals surface area (Å²) < 4.78 is 11.6. The molecule has 0 saturated heterocycles. The molecule has 1 aliphatic carbocycles. The molecule has 1 saturated carbocycles. The predicted molar refractivity (Wildman–Crippen MR) is 89.7 cm³/mol. The highest BCUT2D eigenvalue weighted by atomic mass is 16.5. The number of hydrogen-bond donors (Lipinski definition) is 2. The molecule has 0 spiro atoms. The molecule has 3 rings (SSSR count). The molecule has 124 valence electrons. The van der Waals surface area contributed by atoms with Crippen LogP contribution in [-0.4, -0.2) is 23.4 Å². The van der Waals surface area contributed by atoms with Crippen LogP contribution in [0.15, 0.2) is 24.4 Å². The molecule has 0 atom stereocenters. The van der Waals surface area contributed by atoms with Gasteiger partial charge >= 0.3 is 0 Å². The molecule has 1 aromatic carbocycles. The Hall–Kier alpha value is -2.01. The number of aryl methyl sites for hydroxylation is 1. The maximum absolute atomic E-state index is 6.14. The molecule has 0 radical (unpaired) electrons. The molecule has 1 aliphatic rings. The normalized spacial score (nSPS) is 15.0. The van der Waals surface area contributed by atoms with Crippen molar-refractivity contribution in [1.82, 2.24) is 15.5 Å². The van der Waals surface area contributed by atoms with Crippen molar-refractivity contribution in [2.75, 3.05) is 7.11 Å². The summed E-state index contributed by atoms with van der Waals surface area (Å²) in [5.41, 5.74) is 3.50. The van der Waals surface area contributed by atoms with Crippen LogP contribution in [0.3, 0.4) is 0 Å². The summed E-state index contributed by atoms with van der Waals surface area (Å²) in [6.07, 6.45) is 7.01. The molecule has 5 heteroatoms. The Morgan fingerprint density at radius 1 is 1.22 bits per heavy atom. The van der Waals surface area contributed by atoms with E-state index in [1.54, 1.807) is 7.11 Å². The summed E-state index contributed by atoms with van der Waals surface area (Å²) in [5, 5.41) is 10.4. The Kier molecular flexibility index (Phi) is 5.18. The molecule has 1 aromatic heterocycles. The second kappa shape index (κ2) is 7.51. The Balaban J connectivity index is 1.61. The highest BCUT2D eigenvalue weighted by Gasteiger charge is 2.18. The predicted octanol–water partition coefficient (Wildman–Crippen LogP) is 3.34. The molecule has 0 amide bonds. The van der Waals surface area contributed by atoms with Crippen molar-refractivity contribution in [1.29, 1.82) is 0 Å². The van der Waals surface area contributed by atoms with E-state index in [9.17, 15) is 0 Å². The number of nitrogens with one attached hydrogen (secondary N) is 2. The van der Waals surface area contributed by atoms with Crippen LogP contribution in [0.25, 0.3) is 0 Å². The molecule has 5 nitrogen and oxygen atoms in total. The molecule has 0 unspecified atom stereocenters. The van der Waals surface area contributed by atoms with Crippen LogP contribution in [0.1, 0.15) is 42.5 Å². The lowest BCUT2D eigenvalue weighted by Gasteiger charge is -2.17. The smallest absolute Gasteiger partial charge is 0.161 e. The third-order valence-corrected chi connectivity index (χ3v) is 4.40. The monoisotopic (exact) mass is 315 g/mol. The second-order valence-electron chi connectivity index (χ2n) is 6.13. The largest absolute Gasteiger partial charge is 0.493 e. The van der Waals surface area contributed by atoms with Crippen LogP contribution in [-0.2, 0) is 13.1 Å². The Morgan fingerprint density at radius 3 is 2.74 bits per heavy atom. The first kappa shape index (κ1) is 15.9. The van der Waals surface area contributed by atoms with Gasteiger partial charge in [0.15, 0.2) is 11.5 Å². The van der Waals surface area contributed by atoms with E-state index < -0.39 is 0 Å². The Bertz CT molecular complexity index is 633. The van der Waals surface area contributed by atoms with E-state index in [0.29, 0.717) is 6.10 Å². The van der Waals surface area contributed by atoms with Gasteiger partial charge in [-0.3, -0.25) is 5.10 Å². The van der Waals surface area contributed by atoms with Crippen molar-refractivity contribution < 1.29 is 9.47 Å². The van der Waals surface area contributed by atoms with Gasteiger partial charge in [0, 0.05) is 24.3 Å². The first-order valence-corrected chi connectivity index (χ1v) is 8.29. The lowest BCUT2D eigenvalue weighted by molar-refractivity contribution is 0.200. The van der Waals surface area contributed by atoms with Crippen molar-refractivity contribution >= 4 is 0 Å². The fourth-order valence-corrected chi connectivity index (χ4v) is 3.00. The van der Waals surface area contributed by atoms with E-state index in [1.807, 2.05) is 19.2 Å². The number of ether oxygens (including phenoxy) is 2. The van der Waals surface area contributed by atoms with Crippen LogP contribution in [0.4, 0.5) is 0 Å². The SMILES string of the molecule is COc1ccc(CNCc2cn[nH]c2C)cc1OC1CCCC1. The zero-order chi connectivity index (χ0) is 16.1. The third kappa shape index (κ3) is 4.05. The summed E-state index contributed by atoms with van der Waals surface area (Å²) in [6, 6.07) is 6.16. The minimum Gasteiger partial charge on any atom is -0.493 e. The number of H-pyrrole nitrogens is 1. The first-order valence-electron chi connectivity index (χ1n) is 8.29. The van der Waals surface area contributed by atoms with Crippen molar-refractivity contribution in [3.8, 4) is 11.5 Å². The summed E-state index contributed by atoms with van der Waals surface area (Å²) in [4.78, 5) is 0. The fourth-order valence-electron chi connectivity index (χ4n) is 3.00. The van der Waals surface area contributed by atoms with Crippen molar-refractivity contribution in [2.45, 2.75) is 51.8 Å². The summed E-state index contributed by atoms with van der Waals surface area (Å²) >= 11 is 0. The van der Waals surface area contributed by atoms with E-state index in [-0.39, 0.29) is 0 Å². The first-order chi connectivity index (χ1) is 11.3. The van der Waals surface area contributed by atoms with Crippen LogP contribution in [0, 0.1) is 6.92 Å². The van der Waals surface area contributed by atoms with Gasteiger partial charge in [0.05, 0.1) is 19.4 Å². The van der Waals surface area contributed by atoms with E-state index >= 15 is 0 Å². The number of aromatic nitrogens is 2. The van der Waals surface area contributed by atoms with Crippen molar-refractivity contribution in [2.24, 2.45) is 0 Å². The van der Waals surface area contributed by atoms with E-state index in [2.05, 4.69) is 27.6 Å². The van der Waals surface area contributed by atoms with E-state index in [4.69, 9.17) is 9.47 Å². The number of benzene rings is 1. The Morgan fingerprint density at radius 2 is 2.04 bits per heavy atom. The molecule has 0 aliphatic heterocycles. The molecule has 0 bridgehead atoms. The summed E-state index contributed by atoms with van der Waals surface area (Å²) in [7, 11) is 1.69. The van der Waals surface area contributed by atoms with Gasteiger partial charge in [0.25, 0.3) is 0 Å². The zero-order valence-electron chi connectivity index (χ0n) is 13.9. The average Bonchev–Trinajstić information content (AvgIpc) is 3.20. The minimum atomic E-state index is 0.334. The number of aromatic amines is 1. The standard InChI is InChI=1S/C18H25N3O2/c1-13-15(12-20-21-13)11-19-10-14-7-8-17(22-2)18(9-14)23-16-5-3-4-6-16/h7-9,12,16,19H,3-6,10-11H2,1-2H3,(H,20,21). The van der Waals surface area contributed by atoms with Crippen LogP contribution >= 0.6 is 0 Å². The quantitative estimate of drug-likeness (QED) is 0.823. The molecular formula is C18H25N3O2. The van der Waals surface area contributed by atoms with Crippen LogP contribution < -0.4 is 14.8 Å². The third-order valence-electron chi connectivity index (χ3n) is 4.40. The van der Waals surface area contributed by atoms with Crippen molar-refractivity contribution in [3.63, 3.8) is 0 Å². The summed E-state index contributed by atoms with van der Waals surface area (Å²) in [5.74, 6) is 1.67. The van der Waals surface area contributed by atoms with Crippen LogP contribution in [0.2, 0.25) is 0 Å². The molecular weight excluding hydrogens is 290 g/mol. The van der Waals surface area contributed by atoms with Gasteiger partial charge in [-0.1, -0.05) is 6.07 Å². The van der Waals surface area contributed by atoms with Gasteiger partial charge in [-0.05, 0) is 50.3 Å². The van der Waals surface area contributed by atoms with Crippen LogP contribution in [0.5, 0.6) is 11.5 Å². The second-order valence-corrected chi connectivity index (χ2v) is 6.13. The number of hydrogen-bond acceptors (Lipinski definition) is 4. The van der Waals surface area contributed by atoms with E-state index in [1.165, 1.54) is 24.0 Å². The van der Waals surface area contributed by atoms with E-state index in [0.717, 1.165) is 43.1 Å². The fraction of sp³-hybridized carbons (Fsp3) is 0.500. The van der Waals surface area contributed by atoms with Gasteiger partial charge in [0.2, 0.25) is 0 Å². The number of rotatable bonds is 7. The maximum Gasteiger partial charge on any atom is 0.161 e. The molecule has 23 heavy (non-hydrogen) atoms. The van der Waals surface area contributed by atoms with Gasteiger partial charge in [-0.2, -0.15) is 5.10 Å². The highest BCUT2D eigenvalue weighted by molar-refractivity contribution is 5.43. The average molecular weight is 315 g/mol. The molecule has 2 N–H and O–H groups in total. The molecule has 2 aromatic rings. The van der Waals surface area contributed by atoms with Gasteiger partial charge in [0.1, 0.15) is 0 Å². The van der Waals surface area contributed by atoms with Gasteiger partial charge in [-0.25, -0.2) is 0 Å². The molecule has 1 fully saturated rings. The Labute approximate surface area is 137 Å². The maximum atomic E-state index is 6.14. The summed E-state index contributed by atoms with van der Waals surface area (Å²) in [6.45, 7) is 3.62. The highest BCUT2D eigenvalue weighted by Crippen LogP contribution is 2.32. The zero-order valence-corrected chi connectivity index (χ0v) is 13.9. The number of methoxy groups -OCH3 is 1.